The number of benzene rings is 2. The van der Waals surface area contributed by atoms with Gasteiger partial charge in [0.2, 0.25) is 5.91 Å². The van der Waals surface area contributed by atoms with E-state index in [4.69, 9.17) is 4.74 Å². The number of alkyl carbamates (subject to hydrolysis) is 1. The molecule has 35 heavy (non-hydrogen) atoms. The summed E-state index contributed by atoms with van der Waals surface area (Å²) in [4.78, 5) is 35.9. The fourth-order valence-corrected chi connectivity index (χ4v) is 4.59. The summed E-state index contributed by atoms with van der Waals surface area (Å²) in [6.07, 6.45) is -0.602. The summed E-state index contributed by atoms with van der Waals surface area (Å²) >= 11 is 0. The van der Waals surface area contributed by atoms with Gasteiger partial charge in [-0.2, -0.15) is 0 Å². The molecule has 2 aliphatic rings. The van der Waals surface area contributed by atoms with Crippen molar-refractivity contribution in [3.8, 4) is 11.1 Å². The monoisotopic (exact) mass is 486 g/mol. The van der Waals surface area contributed by atoms with Crippen LogP contribution < -0.4 is 10.6 Å². The van der Waals surface area contributed by atoms with E-state index < -0.39 is 47.7 Å². The van der Waals surface area contributed by atoms with Crippen molar-refractivity contribution in [2.24, 2.45) is 17.3 Å². The maximum Gasteiger partial charge on any atom is 0.407 e. The van der Waals surface area contributed by atoms with E-state index in [0.717, 1.165) is 22.3 Å². The first-order valence-corrected chi connectivity index (χ1v) is 11.6. The normalized spacial score (nSPS) is 21.3. The second kappa shape index (κ2) is 9.28. The summed E-state index contributed by atoms with van der Waals surface area (Å²) in [5, 5.41) is 13.9. The van der Waals surface area contributed by atoms with Gasteiger partial charge < -0.3 is 20.5 Å². The Balaban J connectivity index is 1.29. The van der Waals surface area contributed by atoms with Gasteiger partial charge in [0.05, 0.1) is 11.3 Å². The van der Waals surface area contributed by atoms with Crippen LogP contribution in [0.25, 0.3) is 11.1 Å². The molecular formula is C26H28F2N2O5. The molecule has 4 rings (SSSR count). The van der Waals surface area contributed by atoms with Crippen LogP contribution in [0.3, 0.4) is 0 Å². The fraction of sp³-hybridized carbons (Fsp3) is 0.423. The number of carbonyl (C=O) groups excluding carboxylic acids is 2. The molecule has 3 N–H and O–H groups in total. The largest absolute Gasteiger partial charge is 0.481 e. The number of carboxylic acids is 1. The third-order valence-electron chi connectivity index (χ3n) is 7.24. The molecule has 1 unspecified atom stereocenters. The molecule has 3 atom stereocenters. The number of ether oxygens (including phenoxy) is 1. The lowest BCUT2D eigenvalue weighted by molar-refractivity contribution is -0.148. The maximum atomic E-state index is 14.2. The number of fused-ring (bicyclic) bond motifs is 3. The Morgan fingerprint density at radius 2 is 1.60 bits per heavy atom. The van der Waals surface area contributed by atoms with Gasteiger partial charge in [0.15, 0.2) is 0 Å². The maximum absolute atomic E-state index is 14.2. The Kier molecular flexibility index (Phi) is 6.53. The second-order valence-corrected chi connectivity index (χ2v) is 9.40. The fourth-order valence-electron chi connectivity index (χ4n) is 4.59. The molecule has 7 nitrogen and oxygen atoms in total. The van der Waals surface area contributed by atoms with E-state index in [1.165, 1.54) is 6.92 Å². The molecule has 0 aliphatic heterocycles. The van der Waals surface area contributed by atoms with Crippen molar-refractivity contribution in [1.82, 2.24) is 10.6 Å². The van der Waals surface area contributed by atoms with Gasteiger partial charge >= 0.3 is 12.1 Å². The van der Waals surface area contributed by atoms with Crippen LogP contribution in [0.1, 0.15) is 37.3 Å². The van der Waals surface area contributed by atoms with Gasteiger partial charge in [-0.1, -0.05) is 55.5 Å². The van der Waals surface area contributed by atoms with E-state index >= 15 is 0 Å². The van der Waals surface area contributed by atoms with E-state index in [1.54, 1.807) is 6.92 Å². The average molecular weight is 487 g/mol. The van der Waals surface area contributed by atoms with Crippen molar-refractivity contribution in [2.45, 2.75) is 32.1 Å². The van der Waals surface area contributed by atoms with Crippen molar-refractivity contribution < 1.29 is 33.0 Å². The predicted molar refractivity (Wildman–Crippen MR) is 124 cm³/mol. The Bertz CT molecular complexity index is 1110. The summed E-state index contributed by atoms with van der Waals surface area (Å²) in [6.45, 7) is 2.46. The molecule has 0 spiro atoms. The summed E-state index contributed by atoms with van der Waals surface area (Å²) in [6, 6.07) is 15.7. The number of halogens is 2. The Hall–Kier alpha value is -3.49. The predicted octanol–water partition coefficient (Wildman–Crippen LogP) is 4.02. The number of aliphatic carboxylic acids is 1. The molecular weight excluding hydrogens is 458 g/mol. The number of hydrogen-bond donors (Lipinski definition) is 3. The van der Waals surface area contributed by atoms with Crippen LogP contribution in [-0.4, -0.2) is 48.7 Å². The van der Waals surface area contributed by atoms with Crippen LogP contribution in [0.2, 0.25) is 0 Å². The number of alkyl halides is 2. The minimum absolute atomic E-state index is 0.0512. The number of hydrogen-bond acceptors (Lipinski definition) is 4. The minimum atomic E-state index is -3.29. The summed E-state index contributed by atoms with van der Waals surface area (Å²) < 4.78 is 33.8. The topological polar surface area (TPSA) is 105 Å². The number of carboxylic acid groups (broad SMARTS) is 1. The smallest absolute Gasteiger partial charge is 0.407 e. The average Bonchev–Trinajstić information content (AvgIpc) is 3.25. The van der Waals surface area contributed by atoms with E-state index in [0.29, 0.717) is 0 Å². The van der Waals surface area contributed by atoms with Crippen molar-refractivity contribution in [3.05, 3.63) is 59.7 Å². The van der Waals surface area contributed by atoms with Crippen LogP contribution in [0, 0.1) is 17.3 Å². The molecule has 0 bridgehead atoms. The van der Waals surface area contributed by atoms with Crippen LogP contribution in [0.4, 0.5) is 13.6 Å². The zero-order valence-electron chi connectivity index (χ0n) is 19.5. The number of amides is 2. The molecule has 186 valence electrons. The zero-order chi connectivity index (χ0) is 25.4. The highest BCUT2D eigenvalue weighted by Gasteiger charge is 2.71. The molecule has 2 aromatic carbocycles. The van der Waals surface area contributed by atoms with Crippen molar-refractivity contribution >= 4 is 18.0 Å². The number of nitrogens with one attached hydrogen (secondary N) is 2. The molecule has 1 fully saturated rings. The minimum Gasteiger partial charge on any atom is -0.481 e. The number of rotatable bonds is 9. The highest BCUT2D eigenvalue weighted by atomic mass is 19.3. The molecule has 0 aromatic heterocycles. The van der Waals surface area contributed by atoms with Gasteiger partial charge in [-0.15, -0.1) is 0 Å². The lowest BCUT2D eigenvalue weighted by Crippen LogP contribution is -2.41. The van der Waals surface area contributed by atoms with E-state index in [2.05, 4.69) is 10.6 Å². The third-order valence-corrected chi connectivity index (χ3v) is 7.24. The van der Waals surface area contributed by atoms with E-state index in [1.807, 2.05) is 48.5 Å². The Morgan fingerprint density at radius 3 is 2.14 bits per heavy atom. The summed E-state index contributed by atoms with van der Waals surface area (Å²) in [7, 11) is 0. The van der Waals surface area contributed by atoms with E-state index in [-0.39, 0.29) is 25.5 Å². The highest BCUT2D eigenvalue weighted by molar-refractivity contribution is 5.85. The first kappa shape index (κ1) is 24.6. The van der Waals surface area contributed by atoms with Gasteiger partial charge in [0.25, 0.3) is 5.92 Å². The first-order valence-electron chi connectivity index (χ1n) is 11.6. The summed E-state index contributed by atoms with van der Waals surface area (Å²) in [5.74, 6) is -8.47. The summed E-state index contributed by atoms with van der Waals surface area (Å²) in [5.41, 5.74) is 2.98. The standard InChI is InChI=1S/C26H28F2N2O5/c1-3-25(2,23(32)33)14-30-22(31)21-20(26(21,27)28)12-29-24(34)35-13-19-17-10-6-4-8-15(17)16-9-5-7-11-18(16)19/h4-11,19-21H,3,12-14H2,1-2H3,(H,29,34)(H,30,31)(H,32,33)/t20-,21-,25?/m0/s1. The van der Waals surface area contributed by atoms with Gasteiger partial charge in [0, 0.05) is 19.0 Å². The van der Waals surface area contributed by atoms with Crippen LogP contribution >= 0.6 is 0 Å². The number of carbonyl (C=O) groups is 3. The van der Waals surface area contributed by atoms with E-state index in [9.17, 15) is 28.3 Å². The molecule has 0 heterocycles. The lowest BCUT2D eigenvalue weighted by atomic mass is 9.87. The molecule has 2 amide bonds. The lowest BCUT2D eigenvalue weighted by Gasteiger charge is -2.23. The third kappa shape index (κ3) is 4.59. The van der Waals surface area contributed by atoms with Crippen LogP contribution in [-0.2, 0) is 14.3 Å². The van der Waals surface area contributed by atoms with Crippen molar-refractivity contribution in [3.63, 3.8) is 0 Å². The Labute approximate surface area is 201 Å². The first-order chi connectivity index (χ1) is 16.6. The van der Waals surface area contributed by atoms with Gasteiger partial charge in [-0.25, -0.2) is 13.6 Å². The highest BCUT2D eigenvalue weighted by Crippen LogP contribution is 2.55. The molecule has 2 aromatic rings. The zero-order valence-corrected chi connectivity index (χ0v) is 19.5. The quantitative estimate of drug-likeness (QED) is 0.497. The van der Waals surface area contributed by atoms with Gasteiger partial charge in [0.1, 0.15) is 12.5 Å². The molecule has 0 radical (unpaired) electrons. The van der Waals surface area contributed by atoms with Gasteiger partial charge in [-0.05, 0) is 35.6 Å². The molecule has 2 aliphatic carbocycles. The van der Waals surface area contributed by atoms with Crippen LogP contribution in [0.15, 0.2) is 48.5 Å². The van der Waals surface area contributed by atoms with Crippen molar-refractivity contribution in [2.75, 3.05) is 19.7 Å². The molecule has 1 saturated carbocycles. The van der Waals surface area contributed by atoms with Gasteiger partial charge in [-0.3, -0.25) is 9.59 Å². The van der Waals surface area contributed by atoms with Crippen molar-refractivity contribution in [1.29, 1.82) is 0 Å². The van der Waals surface area contributed by atoms with Crippen LogP contribution in [0.5, 0.6) is 0 Å². The SMILES string of the molecule is CCC(C)(CNC(=O)[C@@H]1[C@H](CNC(=O)OCC2c3ccccc3-c3ccccc32)C1(F)F)C(=O)O. The molecule has 0 saturated heterocycles. The Morgan fingerprint density at radius 1 is 1.03 bits per heavy atom. The second-order valence-electron chi connectivity index (χ2n) is 9.40. The molecule has 9 heteroatoms.